The first-order valence-corrected chi connectivity index (χ1v) is 7.01. The number of nitrogens with zero attached hydrogens (tertiary/aromatic N) is 3. The van der Waals surface area contributed by atoms with Crippen LogP contribution < -0.4 is 14.8 Å². The van der Waals surface area contributed by atoms with Crippen LogP contribution in [0, 0.1) is 0 Å². The molecule has 0 atom stereocenters. The topological polar surface area (TPSA) is 69.2 Å². The van der Waals surface area contributed by atoms with Crippen LogP contribution in [0.15, 0.2) is 24.3 Å². The smallest absolute Gasteiger partial charge is 0.324 e. The zero-order valence-electron chi connectivity index (χ0n) is 12.0. The molecule has 0 saturated heterocycles. The van der Waals surface area contributed by atoms with E-state index in [1.54, 1.807) is 0 Å². The summed E-state index contributed by atoms with van der Waals surface area (Å²) in [5.74, 6) is 0.429. The number of halogens is 1. The Morgan fingerprint density at radius 2 is 1.90 bits per heavy atom. The Hall–Kier alpha value is -2.08. The van der Waals surface area contributed by atoms with E-state index in [1.807, 2.05) is 24.3 Å². The molecule has 21 heavy (non-hydrogen) atoms. The van der Waals surface area contributed by atoms with Crippen molar-refractivity contribution in [1.82, 2.24) is 15.0 Å². The van der Waals surface area contributed by atoms with Crippen molar-refractivity contribution in [1.29, 1.82) is 0 Å². The fourth-order valence-electron chi connectivity index (χ4n) is 1.57. The van der Waals surface area contributed by atoms with Crippen molar-refractivity contribution < 1.29 is 9.47 Å². The minimum atomic E-state index is 0.195. The molecule has 1 heterocycles. The standard InChI is InChI=1S/C14H17ClN4O2/c1-3-8-16-12-17-13(20-2)19-14(18-12)21-9-10-6-4-5-7-11(10)15/h4-7H,3,8-9H2,1-2H3,(H,16,17,18,19). The van der Waals surface area contributed by atoms with Crippen molar-refractivity contribution >= 4 is 17.5 Å². The van der Waals surface area contributed by atoms with Gasteiger partial charge in [-0.25, -0.2) is 0 Å². The van der Waals surface area contributed by atoms with Gasteiger partial charge in [0.05, 0.1) is 7.11 Å². The van der Waals surface area contributed by atoms with Gasteiger partial charge in [-0.15, -0.1) is 4.98 Å². The predicted octanol–water partition coefficient (Wildman–Crippen LogP) is 2.93. The van der Waals surface area contributed by atoms with Crippen LogP contribution in [0.25, 0.3) is 0 Å². The van der Waals surface area contributed by atoms with E-state index in [2.05, 4.69) is 27.2 Å². The van der Waals surface area contributed by atoms with Crippen molar-refractivity contribution in [2.24, 2.45) is 0 Å². The number of hydrogen-bond acceptors (Lipinski definition) is 6. The average Bonchev–Trinajstić information content (AvgIpc) is 2.52. The monoisotopic (exact) mass is 308 g/mol. The van der Waals surface area contributed by atoms with Gasteiger partial charge in [0.15, 0.2) is 0 Å². The van der Waals surface area contributed by atoms with Crippen molar-refractivity contribution in [2.75, 3.05) is 19.0 Å². The number of aromatic nitrogens is 3. The lowest BCUT2D eigenvalue weighted by molar-refractivity contribution is 0.271. The van der Waals surface area contributed by atoms with Gasteiger partial charge in [0.25, 0.3) is 0 Å². The van der Waals surface area contributed by atoms with E-state index in [-0.39, 0.29) is 18.6 Å². The van der Waals surface area contributed by atoms with E-state index in [4.69, 9.17) is 21.1 Å². The van der Waals surface area contributed by atoms with Gasteiger partial charge < -0.3 is 14.8 Å². The molecule has 0 saturated carbocycles. The maximum Gasteiger partial charge on any atom is 0.324 e. The summed E-state index contributed by atoms with van der Waals surface area (Å²) >= 11 is 6.08. The molecular formula is C14H17ClN4O2. The molecule has 0 unspecified atom stereocenters. The summed E-state index contributed by atoms with van der Waals surface area (Å²) < 4.78 is 10.6. The van der Waals surface area contributed by atoms with Gasteiger partial charge in [-0.1, -0.05) is 36.7 Å². The Labute approximate surface area is 128 Å². The normalized spacial score (nSPS) is 10.2. The second kappa shape index (κ2) is 7.64. The van der Waals surface area contributed by atoms with Crippen molar-refractivity contribution in [2.45, 2.75) is 20.0 Å². The fourth-order valence-corrected chi connectivity index (χ4v) is 1.76. The van der Waals surface area contributed by atoms with E-state index >= 15 is 0 Å². The first kappa shape index (κ1) is 15.3. The molecule has 1 N–H and O–H groups in total. The van der Waals surface area contributed by atoms with Crippen LogP contribution in [0.4, 0.5) is 5.95 Å². The Morgan fingerprint density at radius 1 is 1.14 bits per heavy atom. The Balaban J connectivity index is 2.09. The molecule has 0 aliphatic heterocycles. The van der Waals surface area contributed by atoms with Crippen LogP contribution in [0.5, 0.6) is 12.0 Å². The summed E-state index contributed by atoms with van der Waals surface area (Å²) in [6.07, 6.45) is 0.962. The average molecular weight is 309 g/mol. The number of anilines is 1. The van der Waals surface area contributed by atoms with Crippen molar-refractivity contribution in [3.8, 4) is 12.0 Å². The Kier molecular flexibility index (Phi) is 5.57. The quantitative estimate of drug-likeness (QED) is 0.848. The summed E-state index contributed by atoms with van der Waals surface area (Å²) in [6.45, 7) is 3.09. The largest absolute Gasteiger partial charge is 0.467 e. The molecule has 0 fully saturated rings. The molecule has 0 aliphatic carbocycles. The van der Waals surface area contributed by atoms with Gasteiger partial charge in [-0.3, -0.25) is 0 Å². The first-order chi connectivity index (χ1) is 10.2. The predicted molar refractivity (Wildman–Crippen MR) is 80.9 cm³/mol. The molecule has 6 nitrogen and oxygen atoms in total. The first-order valence-electron chi connectivity index (χ1n) is 6.63. The molecule has 112 valence electrons. The second-order valence-corrected chi connectivity index (χ2v) is 4.64. The van der Waals surface area contributed by atoms with Crippen molar-refractivity contribution in [3.63, 3.8) is 0 Å². The minimum absolute atomic E-state index is 0.195. The fraction of sp³-hybridized carbons (Fsp3) is 0.357. The molecule has 0 bridgehead atoms. The zero-order chi connectivity index (χ0) is 15.1. The SMILES string of the molecule is CCCNc1nc(OC)nc(OCc2ccccc2Cl)n1. The number of ether oxygens (including phenoxy) is 2. The minimum Gasteiger partial charge on any atom is -0.467 e. The second-order valence-electron chi connectivity index (χ2n) is 4.24. The molecule has 1 aromatic heterocycles. The summed E-state index contributed by atoms with van der Waals surface area (Å²) in [5, 5.41) is 3.71. The number of rotatable bonds is 7. The Morgan fingerprint density at radius 3 is 2.62 bits per heavy atom. The van der Waals surface area contributed by atoms with Crippen LogP contribution >= 0.6 is 11.6 Å². The van der Waals surface area contributed by atoms with Gasteiger partial charge in [0.1, 0.15) is 6.61 Å². The van der Waals surface area contributed by atoms with E-state index in [1.165, 1.54) is 7.11 Å². The highest BCUT2D eigenvalue weighted by atomic mass is 35.5. The van der Waals surface area contributed by atoms with E-state index < -0.39 is 0 Å². The van der Waals surface area contributed by atoms with Crippen LogP contribution in [-0.2, 0) is 6.61 Å². The van der Waals surface area contributed by atoms with E-state index in [0.29, 0.717) is 11.0 Å². The van der Waals surface area contributed by atoms with Crippen LogP contribution in [0.1, 0.15) is 18.9 Å². The number of hydrogen-bond donors (Lipinski definition) is 1. The van der Waals surface area contributed by atoms with Crippen LogP contribution in [0.3, 0.4) is 0 Å². The van der Waals surface area contributed by atoms with Crippen molar-refractivity contribution in [3.05, 3.63) is 34.9 Å². The summed E-state index contributed by atoms with van der Waals surface area (Å²) in [4.78, 5) is 12.3. The third-order valence-corrected chi connectivity index (χ3v) is 2.99. The van der Waals surface area contributed by atoms with Gasteiger partial charge in [-0.2, -0.15) is 9.97 Å². The third kappa shape index (κ3) is 4.46. The molecule has 0 spiro atoms. The lowest BCUT2D eigenvalue weighted by atomic mass is 10.2. The molecule has 0 radical (unpaired) electrons. The zero-order valence-corrected chi connectivity index (χ0v) is 12.7. The Bertz CT molecular complexity index is 595. The summed E-state index contributed by atoms with van der Waals surface area (Å²) in [5.41, 5.74) is 0.863. The number of benzene rings is 1. The summed E-state index contributed by atoms with van der Waals surface area (Å²) in [6, 6.07) is 7.86. The molecular weight excluding hydrogens is 292 g/mol. The maximum atomic E-state index is 6.08. The molecule has 2 rings (SSSR count). The molecule has 0 aliphatic rings. The molecule has 2 aromatic rings. The van der Waals surface area contributed by atoms with Crippen LogP contribution in [-0.4, -0.2) is 28.6 Å². The maximum absolute atomic E-state index is 6.08. The van der Waals surface area contributed by atoms with E-state index in [0.717, 1.165) is 18.5 Å². The molecule has 7 heteroatoms. The van der Waals surface area contributed by atoms with Gasteiger partial charge in [-0.05, 0) is 12.5 Å². The highest BCUT2D eigenvalue weighted by Gasteiger charge is 2.08. The highest BCUT2D eigenvalue weighted by Crippen LogP contribution is 2.18. The third-order valence-electron chi connectivity index (χ3n) is 2.62. The van der Waals surface area contributed by atoms with Gasteiger partial charge in [0, 0.05) is 17.1 Å². The van der Waals surface area contributed by atoms with Gasteiger partial charge >= 0.3 is 12.0 Å². The lowest BCUT2D eigenvalue weighted by Gasteiger charge is -2.09. The summed E-state index contributed by atoms with van der Waals surface area (Å²) in [7, 11) is 1.50. The van der Waals surface area contributed by atoms with Gasteiger partial charge in [0.2, 0.25) is 5.95 Å². The molecule has 1 aromatic carbocycles. The highest BCUT2D eigenvalue weighted by molar-refractivity contribution is 6.31. The number of methoxy groups -OCH3 is 1. The van der Waals surface area contributed by atoms with E-state index in [9.17, 15) is 0 Å². The number of nitrogens with one attached hydrogen (secondary N) is 1. The van der Waals surface area contributed by atoms with Crippen LogP contribution in [0.2, 0.25) is 5.02 Å². The molecule has 0 amide bonds. The lowest BCUT2D eigenvalue weighted by Crippen LogP contribution is -2.09.